The molecule has 4 rings (SSSR count). The van der Waals surface area contributed by atoms with E-state index in [0.29, 0.717) is 11.6 Å². The van der Waals surface area contributed by atoms with Gasteiger partial charge < -0.3 is 4.57 Å². The van der Waals surface area contributed by atoms with E-state index < -0.39 is 0 Å². The Hall–Kier alpha value is -3.46. The molecular formula is C22H20FN5. The lowest BCUT2D eigenvalue weighted by atomic mass is 10.1. The van der Waals surface area contributed by atoms with Gasteiger partial charge in [0.2, 0.25) is 0 Å². The van der Waals surface area contributed by atoms with E-state index in [1.807, 2.05) is 25.3 Å². The largest absolute Gasteiger partial charge is 0.327 e. The first-order chi connectivity index (χ1) is 13.5. The number of rotatable bonds is 4. The summed E-state index contributed by atoms with van der Waals surface area (Å²) in [7, 11) is 0. The van der Waals surface area contributed by atoms with Crippen molar-refractivity contribution in [2.45, 2.75) is 27.3 Å². The highest BCUT2D eigenvalue weighted by molar-refractivity contribution is 5.79. The van der Waals surface area contributed by atoms with Gasteiger partial charge in [0, 0.05) is 23.9 Å². The number of hydrogen-bond acceptors (Lipinski definition) is 3. The van der Waals surface area contributed by atoms with Crippen molar-refractivity contribution in [2.24, 2.45) is 5.92 Å². The maximum atomic E-state index is 13.4. The average molecular weight is 373 g/mol. The van der Waals surface area contributed by atoms with Crippen LogP contribution in [0.3, 0.4) is 0 Å². The molecule has 140 valence electrons. The number of benzene rings is 1. The van der Waals surface area contributed by atoms with Gasteiger partial charge in [-0.05, 0) is 49.2 Å². The second-order valence-electron chi connectivity index (χ2n) is 7.27. The molecule has 0 amide bonds. The summed E-state index contributed by atoms with van der Waals surface area (Å²) in [6.45, 7) is 7.11. The molecule has 6 heteroatoms. The summed E-state index contributed by atoms with van der Waals surface area (Å²) < 4.78 is 17.4. The van der Waals surface area contributed by atoms with Gasteiger partial charge in [-0.1, -0.05) is 13.8 Å². The quantitative estimate of drug-likeness (QED) is 0.514. The van der Waals surface area contributed by atoms with E-state index in [1.54, 1.807) is 22.7 Å². The zero-order chi connectivity index (χ0) is 19.8. The van der Waals surface area contributed by atoms with Crippen LogP contribution in [0.1, 0.15) is 25.4 Å². The minimum Gasteiger partial charge on any atom is -0.327 e. The van der Waals surface area contributed by atoms with Crippen molar-refractivity contribution in [2.75, 3.05) is 0 Å². The summed E-state index contributed by atoms with van der Waals surface area (Å²) in [6, 6.07) is 12.4. The van der Waals surface area contributed by atoms with Gasteiger partial charge in [-0.3, -0.25) is 4.40 Å². The van der Waals surface area contributed by atoms with Crippen molar-refractivity contribution in [3.63, 3.8) is 0 Å². The standard InChI is InChI=1S/C22H20FN5/c1-14(2)12-27-15(3)26-21(16-4-7-18(23)8-5-16)22(27)17-6-9-20-25-11-19(10-24)28(20)13-17/h4-9,11,13-14H,12H2,1-3H3. The Balaban J connectivity index is 1.98. The maximum absolute atomic E-state index is 13.4. The van der Waals surface area contributed by atoms with Crippen LogP contribution in [0, 0.1) is 30.0 Å². The summed E-state index contributed by atoms with van der Waals surface area (Å²) in [6.07, 6.45) is 3.48. The van der Waals surface area contributed by atoms with Crippen LogP contribution in [0.4, 0.5) is 4.39 Å². The topological polar surface area (TPSA) is 58.9 Å². The number of aromatic nitrogens is 4. The molecule has 0 radical (unpaired) electrons. The van der Waals surface area contributed by atoms with Crippen LogP contribution in [0.15, 0.2) is 48.8 Å². The number of fused-ring (bicyclic) bond motifs is 1. The van der Waals surface area contributed by atoms with Gasteiger partial charge in [0.15, 0.2) is 0 Å². The number of nitriles is 1. The molecule has 0 saturated carbocycles. The van der Waals surface area contributed by atoms with Crippen molar-refractivity contribution >= 4 is 5.65 Å². The molecule has 0 aliphatic heterocycles. The van der Waals surface area contributed by atoms with E-state index in [0.717, 1.165) is 40.5 Å². The second-order valence-corrected chi connectivity index (χ2v) is 7.27. The van der Waals surface area contributed by atoms with Gasteiger partial charge >= 0.3 is 0 Å². The van der Waals surface area contributed by atoms with E-state index in [9.17, 15) is 9.65 Å². The highest BCUT2D eigenvalue weighted by atomic mass is 19.1. The van der Waals surface area contributed by atoms with Gasteiger partial charge in [-0.15, -0.1) is 0 Å². The van der Waals surface area contributed by atoms with Gasteiger partial charge in [0.05, 0.1) is 17.6 Å². The molecule has 4 aromatic rings. The van der Waals surface area contributed by atoms with E-state index in [2.05, 4.69) is 29.5 Å². The molecule has 5 nitrogen and oxygen atoms in total. The summed E-state index contributed by atoms with van der Waals surface area (Å²) in [5, 5.41) is 9.36. The van der Waals surface area contributed by atoms with Crippen LogP contribution in [-0.2, 0) is 6.54 Å². The molecule has 0 aliphatic rings. The van der Waals surface area contributed by atoms with E-state index in [4.69, 9.17) is 4.98 Å². The lowest BCUT2D eigenvalue weighted by Gasteiger charge is -2.14. The first-order valence-corrected chi connectivity index (χ1v) is 9.18. The van der Waals surface area contributed by atoms with Crippen LogP contribution < -0.4 is 0 Å². The Morgan fingerprint density at radius 2 is 1.82 bits per heavy atom. The van der Waals surface area contributed by atoms with Crippen molar-refractivity contribution < 1.29 is 4.39 Å². The molecule has 3 heterocycles. The van der Waals surface area contributed by atoms with Crippen LogP contribution in [0.2, 0.25) is 0 Å². The number of aryl methyl sites for hydroxylation is 1. The molecule has 0 N–H and O–H groups in total. The minimum atomic E-state index is -0.276. The number of nitrogens with zero attached hydrogens (tertiary/aromatic N) is 5. The van der Waals surface area contributed by atoms with Crippen molar-refractivity contribution in [1.82, 2.24) is 18.9 Å². The first kappa shape index (κ1) is 17.9. The van der Waals surface area contributed by atoms with Gasteiger partial charge in [0.1, 0.15) is 29.1 Å². The Labute approximate surface area is 162 Å². The van der Waals surface area contributed by atoms with Crippen molar-refractivity contribution in [3.8, 4) is 28.6 Å². The third-order valence-corrected chi connectivity index (χ3v) is 4.72. The van der Waals surface area contributed by atoms with E-state index >= 15 is 0 Å². The second kappa shape index (κ2) is 6.93. The molecule has 0 unspecified atom stereocenters. The predicted molar refractivity (Wildman–Crippen MR) is 106 cm³/mol. The monoisotopic (exact) mass is 373 g/mol. The highest BCUT2D eigenvalue weighted by Crippen LogP contribution is 2.34. The lowest BCUT2D eigenvalue weighted by Crippen LogP contribution is -2.08. The van der Waals surface area contributed by atoms with Gasteiger partial charge in [-0.25, -0.2) is 14.4 Å². The van der Waals surface area contributed by atoms with Crippen LogP contribution in [0.25, 0.3) is 28.2 Å². The fourth-order valence-corrected chi connectivity index (χ4v) is 3.46. The Bertz CT molecular complexity index is 1190. The molecule has 0 bridgehead atoms. The SMILES string of the molecule is Cc1nc(-c2ccc(F)cc2)c(-c2ccc3ncc(C#N)n3c2)n1CC(C)C. The Morgan fingerprint density at radius 1 is 1.11 bits per heavy atom. The number of hydrogen-bond donors (Lipinski definition) is 0. The zero-order valence-electron chi connectivity index (χ0n) is 16.0. The van der Waals surface area contributed by atoms with E-state index in [-0.39, 0.29) is 5.82 Å². The summed E-state index contributed by atoms with van der Waals surface area (Å²) in [4.78, 5) is 9.07. The lowest BCUT2D eigenvalue weighted by molar-refractivity contribution is 0.517. The Morgan fingerprint density at radius 3 is 2.50 bits per heavy atom. The Kier molecular flexibility index (Phi) is 4.44. The summed E-state index contributed by atoms with van der Waals surface area (Å²) in [5.41, 5.74) is 4.74. The van der Waals surface area contributed by atoms with Gasteiger partial charge in [-0.2, -0.15) is 5.26 Å². The fraction of sp³-hybridized carbons (Fsp3) is 0.227. The van der Waals surface area contributed by atoms with Crippen LogP contribution in [0.5, 0.6) is 0 Å². The summed E-state index contributed by atoms with van der Waals surface area (Å²) in [5.74, 6) is 1.05. The molecular weight excluding hydrogens is 353 g/mol. The number of halogens is 1. The smallest absolute Gasteiger partial charge is 0.144 e. The van der Waals surface area contributed by atoms with E-state index in [1.165, 1.54) is 12.1 Å². The molecule has 0 fully saturated rings. The molecule has 0 spiro atoms. The van der Waals surface area contributed by atoms with Crippen molar-refractivity contribution in [1.29, 1.82) is 5.26 Å². The minimum absolute atomic E-state index is 0.276. The van der Waals surface area contributed by atoms with Crippen LogP contribution >= 0.6 is 0 Å². The van der Waals surface area contributed by atoms with Gasteiger partial charge in [0.25, 0.3) is 0 Å². The number of pyridine rings is 1. The molecule has 3 aromatic heterocycles. The molecule has 0 atom stereocenters. The zero-order valence-corrected chi connectivity index (χ0v) is 16.0. The molecule has 28 heavy (non-hydrogen) atoms. The normalized spacial score (nSPS) is 11.3. The molecule has 0 aliphatic carbocycles. The predicted octanol–water partition coefficient (Wildman–Crippen LogP) is 4.84. The van der Waals surface area contributed by atoms with Crippen molar-refractivity contribution in [3.05, 3.63) is 66.1 Å². The fourth-order valence-electron chi connectivity index (χ4n) is 3.46. The summed E-state index contributed by atoms with van der Waals surface area (Å²) >= 11 is 0. The third kappa shape index (κ3) is 3.05. The maximum Gasteiger partial charge on any atom is 0.144 e. The molecule has 0 saturated heterocycles. The first-order valence-electron chi connectivity index (χ1n) is 9.18. The highest BCUT2D eigenvalue weighted by Gasteiger charge is 2.19. The average Bonchev–Trinajstić information content (AvgIpc) is 3.22. The number of imidazole rings is 2. The van der Waals surface area contributed by atoms with Crippen LogP contribution in [-0.4, -0.2) is 18.9 Å². The molecule has 1 aromatic carbocycles. The third-order valence-electron chi connectivity index (χ3n) is 4.72.